The summed E-state index contributed by atoms with van der Waals surface area (Å²) in [6.45, 7) is 4.65. The maximum Gasteiger partial charge on any atom is -0.00311 e. The molecule has 1 unspecified atom stereocenters. The predicted molar refractivity (Wildman–Crippen MR) is 56.6 cm³/mol. The molecule has 1 aromatic rings. The number of rotatable bonds is 1. The molecule has 0 nitrogen and oxygen atoms in total. The lowest BCUT2D eigenvalue weighted by atomic mass is 9.71. The van der Waals surface area contributed by atoms with E-state index in [9.17, 15) is 0 Å². The van der Waals surface area contributed by atoms with Crippen LogP contribution in [0.25, 0.3) is 0 Å². The summed E-state index contributed by atoms with van der Waals surface area (Å²) in [6.07, 6.45) is 6.25. The Morgan fingerprint density at radius 2 is 2.08 bits per heavy atom. The van der Waals surface area contributed by atoms with Crippen molar-refractivity contribution < 1.29 is 0 Å². The first kappa shape index (κ1) is 8.80. The minimum Gasteiger partial charge on any atom is -0.0648 e. The molecule has 0 saturated heterocycles. The van der Waals surface area contributed by atoms with Crippen molar-refractivity contribution in [1.29, 1.82) is 0 Å². The van der Waals surface area contributed by atoms with Crippen LogP contribution in [0.15, 0.2) is 24.3 Å². The molecule has 69 valence electrons. The highest BCUT2D eigenvalue weighted by Gasteiger charge is 2.27. The molecule has 1 aromatic carbocycles. The molecule has 1 aliphatic carbocycles. The summed E-state index contributed by atoms with van der Waals surface area (Å²) < 4.78 is 0. The fraction of sp³-hybridized carbons (Fsp3) is 0.462. The summed E-state index contributed by atoms with van der Waals surface area (Å²) in [6, 6.07) is 8.77. The highest BCUT2D eigenvalue weighted by Crippen LogP contribution is 2.39. The summed E-state index contributed by atoms with van der Waals surface area (Å²) in [5, 5.41) is 0. The van der Waals surface area contributed by atoms with Crippen molar-refractivity contribution in [2.24, 2.45) is 5.41 Å². The lowest BCUT2D eigenvalue weighted by Crippen LogP contribution is -2.22. The third kappa shape index (κ3) is 1.63. The van der Waals surface area contributed by atoms with Gasteiger partial charge in [-0.3, -0.25) is 0 Å². The third-order valence-electron chi connectivity index (χ3n) is 3.33. The van der Waals surface area contributed by atoms with Gasteiger partial charge >= 0.3 is 0 Å². The van der Waals surface area contributed by atoms with Gasteiger partial charge in [0.2, 0.25) is 0 Å². The quantitative estimate of drug-likeness (QED) is 0.608. The Kier molecular flexibility index (Phi) is 2.15. The Labute approximate surface area is 81.0 Å². The summed E-state index contributed by atoms with van der Waals surface area (Å²) in [5.74, 6) is 0. The van der Waals surface area contributed by atoms with E-state index < -0.39 is 0 Å². The van der Waals surface area contributed by atoms with E-state index in [1.54, 1.807) is 0 Å². The highest BCUT2D eigenvalue weighted by atomic mass is 14.3. The molecule has 0 amide bonds. The van der Waals surface area contributed by atoms with Crippen molar-refractivity contribution in [1.82, 2.24) is 0 Å². The molecule has 1 radical (unpaired) electrons. The van der Waals surface area contributed by atoms with Gasteiger partial charge in [-0.25, -0.2) is 0 Å². The smallest absolute Gasteiger partial charge is 0.00311 e. The Bertz CT molecular complexity index is 301. The van der Waals surface area contributed by atoms with Crippen LogP contribution in [0.5, 0.6) is 0 Å². The van der Waals surface area contributed by atoms with E-state index >= 15 is 0 Å². The van der Waals surface area contributed by atoms with E-state index in [2.05, 4.69) is 44.5 Å². The van der Waals surface area contributed by atoms with Crippen LogP contribution < -0.4 is 0 Å². The van der Waals surface area contributed by atoms with Crippen LogP contribution in [0.3, 0.4) is 0 Å². The van der Waals surface area contributed by atoms with E-state index in [0.717, 1.165) is 0 Å². The predicted octanol–water partition coefficient (Wildman–Crippen LogP) is 3.60. The zero-order chi connectivity index (χ0) is 9.31. The molecule has 0 saturated carbocycles. The van der Waals surface area contributed by atoms with Crippen LogP contribution >= 0.6 is 0 Å². The lowest BCUT2D eigenvalue weighted by molar-refractivity contribution is 0.338. The van der Waals surface area contributed by atoms with Gasteiger partial charge in [0, 0.05) is 0 Å². The molecule has 1 atom stereocenters. The van der Waals surface area contributed by atoms with Crippen molar-refractivity contribution >= 4 is 0 Å². The average Bonchev–Trinajstić information content (AvgIpc) is 2.18. The molecule has 13 heavy (non-hydrogen) atoms. The molecular weight excluding hydrogens is 156 g/mol. The van der Waals surface area contributed by atoms with E-state index in [4.69, 9.17) is 0 Å². The SMILES string of the molecule is CCC1(C)[CH]c2ccccc2CC1. The van der Waals surface area contributed by atoms with E-state index in [0.29, 0.717) is 5.41 Å². The summed E-state index contributed by atoms with van der Waals surface area (Å²) in [7, 11) is 0. The van der Waals surface area contributed by atoms with E-state index in [-0.39, 0.29) is 0 Å². The van der Waals surface area contributed by atoms with E-state index in [1.807, 2.05) is 0 Å². The molecule has 1 aliphatic rings. The molecule has 0 spiro atoms. The molecule has 2 rings (SSSR count). The number of fused-ring (bicyclic) bond motifs is 1. The molecular formula is C13H17. The van der Waals surface area contributed by atoms with Crippen molar-refractivity contribution in [2.75, 3.05) is 0 Å². The molecule has 0 aromatic heterocycles. The van der Waals surface area contributed by atoms with Gasteiger partial charge in [0.15, 0.2) is 0 Å². The first-order chi connectivity index (χ1) is 6.23. The standard InChI is InChI=1S/C13H17/c1-3-13(2)9-8-11-6-4-5-7-12(11)10-13/h4-7,10H,3,8-9H2,1-2H3. The zero-order valence-electron chi connectivity index (χ0n) is 8.51. The molecule has 0 N–H and O–H groups in total. The van der Waals surface area contributed by atoms with Crippen LogP contribution in [0.4, 0.5) is 0 Å². The Morgan fingerprint density at radius 3 is 2.85 bits per heavy atom. The minimum atomic E-state index is 0.439. The highest BCUT2D eigenvalue weighted by molar-refractivity contribution is 5.37. The number of hydrogen-bond acceptors (Lipinski definition) is 0. The summed E-state index contributed by atoms with van der Waals surface area (Å²) >= 11 is 0. The second kappa shape index (κ2) is 3.17. The van der Waals surface area contributed by atoms with Crippen LogP contribution in [-0.2, 0) is 6.42 Å². The van der Waals surface area contributed by atoms with Gasteiger partial charge < -0.3 is 0 Å². The van der Waals surface area contributed by atoms with Gasteiger partial charge in [-0.1, -0.05) is 44.5 Å². The lowest BCUT2D eigenvalue weighted by Gasteiger charge is -2.33. The topological polar surface area (TPSA) is 0 Å². The van der Waals surface area contributed by atoms with Gasteiger partial charge in [0.05, 0.1) is 0 Å². The van der Waals surface area contributed by atoms with Gasteiger partial charge in [0.25, 0.3) is 0 Å². The fourth-order valence-corrected chi connectivity index (χ4v) is 2.05. The first-order valence-corrected chi connectivity index (χ1v) is 5.17. The maximum absolute atomic E-state index is 2.45. The second-order valence-electron chi connectivity index (χ2n) is 4.35. The van der Waals surface area contributed by atoms with Crippen LogP contribution in [0.1, 0.15) is 37.8 Å². The van der Waals surface area contributed by atoms with Gasteiger partial charge in [-0.05, 0) is 35.8 Å². The largest absolute Gasteiger partial charge is 0.0648 e. The van der Waals surface area contributed by atoms with Crippen LogP contribution in [-0.4, -0.2) is 0 Å². The van der Waals surface area contributed by atoms with Crippen LogP contribution in [0, 0.1) is 11.8 Å². The van der Waals surface area contributed by atoms with Crippen molar-refractivity contribution in [3.63, 3.8) is 0 Å². The molecule has 0 bridgehead atoms. The normalized spacial score (nSPS) is 26.9. The monoisotopic (exact) mass is 173 g/mol. The average molecular weight is 173 g/mol. The molecule has 0 heteroatoms. The Morgan fingerprint density at radius 1 is 1.31 bits per heavy atom. The molecule has 0 heterocycles. The van der Waals surface area contributed by atoms with Crippen molar-refractivity contribution in [3.05, 3.63) is 41.8 Å². The van der Waals surface area contributed by atoms with Crippen LogP contribution in [0.2, 0.25) is 0 Å². The van der Waals surface area contributed by atoms with Crippen molar-refractivity contribution in [2.45, 2.75) is 33.1 Å². The fourth-order valence-electron chi connectivity index (χ4n) is 2.05. The van der Waals surface area contributed by atoms with Crippen molar-refractivity contribution in [3.8, 4) is 0 Å². The maximum atomic E-state index is 2.45. The van der Waals surface area contributed by atoms with Gasteiger partial charge in [-0.2, -0.15) is 0 Å². The van der Waals surface area contributed by atoms with E-state index in [1.165, 1.54) is 30.4 Å². The molecule has 0 fully saturated rings. The first-order valence-electron chi connectivity index (χ1n) is 5.17. The number of aryl methyl sites for hydroxylation is 1. The second-order valence-corrected chi connectivity index (χ2v) is 4.35. The van der Waals surface area contributed by atoms with Gasteiger partial charge in [-0.15, -0.1) is 0 Å². The summed E-state index contributed by atoms with van der Waals surface area (Å²) in [5.41, 5.74) is 3.42. The third-order valence-corrected chi connectivity index (χ3v) is 3.33. The number of benzene rings is 1. The zero-order valence-corrected chi connectivity index (χ0v) is 8.51. The van der Waals surface area contributed by atoms with Gasteiger partial charge in [0.1, 0.15) is 0 Å². The number of hydrogen-bond donors (Lipinski definition) is 0. The molecule has 0 aliphatic heterocycles. The summed E-state index contributed by atoms with van der Waals surface area (Å²) in [4.78, 5) is 0. The minimum absolute atomic E-state index is 0.439. The Hall–Kier alpha value is -0.780. The Balaban J connectivity index is 2.29.